The first kappa shape index (κ1) is 13.9. The van der Waals surface area contributed by atoms with Crippen LogP contribution in [0.1, 0.15) is 21.5 Å². The molecule has 0 aliphatic carbocycles. The smallest absolute Gasteiger partial charge is 0.255 e. The van der Waals surface area contributed by atoms with E-state index in [0.29, 0.717) is 11.1 Å². The molecule has 2 aromatic carbocycles. The first-order chi connectivity index (χ1) is 11.1. The third kappa shape index (κ3) is 2.19. The van der Waals surface area contributed by atoms with Crippen LogP contribution in [0.4, 0.5) is 0 Å². The molecule has 4 heteroatoms. The van der Waals surface area contributed by atoms with Gasteiger partial charge >= 0.3 is 0 Å². The Bertz CT molecular complexity index is 969. The van der Waals surface area contributed by atoms with Crippen molar-refractivity contribution in [3.05, 3.63) is 81.6 Å². The molecule has 1 aliphatic rings. The Kier molecular flexibility index (Phi) is 2.96. The number of fused-ring (bicyclic) bond motifs is 1. The summed E-state index contributed by atoms with van der Waals surface area (Å²) >= 11 is 0. The number of benzene rings is 2. The summed E-state index contributed by atoms with van der Waals surface area (Å²) in [7, 11) is 0. The quantitative estimate of drug-likeness (QED) is 0.598. The Morgan fingerprint density at radius 2 is 1.87 bits per heavy atom. The molecule has 23 heavy (non-hydrogen) atoms. The molecule has 0 saturated carbocycles. The van der Waals surface area contributed by atoms with Crippen LogP contribution in [0.25, 0.3) is 10.9 Å². The van der Waals surface area contributed by atoms with Gasteiger partial charge in [-0.25, -0.2) is 0 Å². The molecule has 4 rings (SSSR count). The van der Waals surface area contributed by atoms with Crippen molar-refractivity contribution in [3.8, 4) is 0 Å². The monoisotopic (exact) mass is 305 g/mol. The molecule has 1 atom stereocenters. The van der Waals surface area contributed by atoms with E-state index in [-0.39, 0.29) is 17.9 Å². The molecule has 1 fully saturated rings. The highest BCUT2D eigenvalue weighted by molar-refractivity contribution is 6.05. The van der Waals surface area contributed by atoms with Crippen LogP contribution in [0.5, 0.6) is 0 Å². The van der Waals surface area contributed by atoms with Crippen LogP contribution >= 0.6 is 0 Å². The molecule has 114 valence electrons. The summed E-state index contributed by atoms with van der Waals surface area (Å²) in [4.78, 5) is 28.1. The van der Waals surface area contributed by atoms with Gasteiger partial charge in [-0.1, -0.05) is 42.0 Å². The Labute approximate surface area is 132 Å². The Hall–Kier alpha value is -2.72. The van der Waals surface area contributed by atoms with Crippen molar-refractivity contribution in [3.63, 3.8) is 0 Å². The van der Waals surface area contributed by atoms with Crippen LogP contribution in [0, 0.1) is 6.92 Å². The summed E-state index contributed by atoms with van der Waals surface area (Å²) in [5.74, 6) is -0.171. The van der Waals surface area contributed by atoms with Gasteiger partial charge in [0.2, 0.25) is 5.78 Å². The standard InChI is InChI=1S/C19H15NO3/c1-12-7-8-16-14(9-12)10-15(18(22)20-16)19(11-23-19)17(21)13-5-3-2-4-6-13/h2-10H,11H2,1H3,(H,20,22). The van der Waals surface area contributed by atoms with E-state index >= 15 is 0 Å². The summed E-state index contributed by atoms with van der Waals surface area (Å²) in [6.07, 6.45) is 0. The number of aryl methyl sites for hydroxylation is 1. The lowest BCUT2D eigenvalue weighted by atomic mass is 9.91. The van der Waals surface area contributed by atoms with Crippen LogP contribution < -0.4 is 5.56 Å². The molecule has 0 spiro atoms. The Morgan fingerprint density at radius 3 is 2.57 bits per heavy atom. The predicted molar refractivity (Wildman–Crippen MR) is 87.7 cm³/mol. The zero-order valence-corrected chi connectivity index (χ0v) is 12.6. The predicted octanol–water partition coefficient (Wildman–Crippen LogP) is 2.94. The van der Waals surface area contributed by atoms with Gasteiger partial charge in [-0.2, -0.15) is 0 Å². The molecular weight excluding hydrogens is 290 g/mol. The number of aromatic nitrogens is 1. The Balaban J connectivity index is 1.86. The minimum Gasteiger partial charge on any atom is -0.355 e. The molecule has 4 nitrogen and oxygen atoms in total. The van der Waals surface area contributed by atoms with E-state index in [4.69, 9.17) is 4.74 Å². The van der Waals surface area contributed by atoms with Gasteiger partial charge in [0.1, 0.15) is 0 Å². The van der Waals surface area contributed by atoms with Crippen LogP contribution in [0.3, 0.4) is 0 Å². The van der Waals surface area contributed by atoms with Crippen LogP contribution in [0.2, 0.25) is 0 Å². The van der Waals surface area contributed by atoms with E-state index < -0.39 is 5.60 Å². The fourth-order valence-corrected chi connectivity index (χ4v) is 2.93. The zero-order chi connectivity index (χ0) is 16.0. The van der Waals surface area contributed by atoms with Gasteiger partial charge in [0.05, 0.1) is 12.2 Å². The summed E-state index contributed by atoms with van der Waals surface area (Å²) in [5.41, 5.74) is 1.36. The number of carbonyl (C=O) groups is 1. The lowest BCUT2D eigenvalue weighted by Gasteiger charge is -2.12. The highest BCUT2D eigenvalue weighted by Crippen LogP contribution is 2.40. The lowest BCUT2D eigenvalue weighted by Crippen LogP contribution is -2.30. The van der Waals surface area contributed by atoms with E-state index in [1.54, 1.807) is 30.3 Å². The molecule has 2 heterocycles. The maximum absolute atomic E-state index is 12.8. The van der Waals surface area contributed by atoms with Gasteiger partial charge in [-0.15, -0.1) is 0 Å². The Morgan fingerprint density at radius 1 is 1.13 bits per heavy atom. The largest absolute Gasteiger partial charge is 0.355 e. The normalized spacial score (nSPS) is 19.7. The van der Waals surface area contributed by atoms with Crippen LogP contribution in [0.15, 0.2) is 59.4 Å². The third-order valence-electron chi connectivity index (χ3n) is 4.27. The summed E-state index contributed by atoms with van der Waals surface area (Å²) in [6, 6.07) is 16.5. The van der Waals surface area contributed by atoms with Crippen molar-refractivity contribution in [1.29, 1.82) is 0 Å². The number of H-pyrrole nitrogens is 1. The van der Waals surface area contributed by atoms with Gasteiger partial charge in [0, 0.05) is 11.1 Å². The average molecular weight is 305 g/mol. The van der Waals surface area contributed by atoms with Crippen LogP contribution in [-0.4, -0.2) is 17.4 Å². The van der Waals surface area contributed by atoms with Gasteiger partial charge in [0.15, 0.2) is 5.60 Å². The SMILES string of the molecule is Cc1ccc2[nH]c(=O)c(C3(C(=O)c4ccccc4)CO3)cc2c1. The molecule has 1 aliphatic heterocycles. The van der Waals surface area contributed by atoms with Gasteiger partial charge in [0.25, 0.3) is 5.56 Å². The molecule has 1 saturated heterocycles. The zero-order valence-electron chi connectivity index (χ0n) is 12.6. The van der Waals surface area contributed by atoms with Crippen molar-refractivity contribution >= 4 is 16.7 Å². The average Bonchev–Trinajstić information content (AvgIpc) is 3.36. The molecule has 1 aromatic heterocycles. The molecular formula is C19H15NO3. The molecule has 3 aromatic rings. The first-order valence-corrected chi connectivity index (χ1v) is 7.48. The van der Waals surface area contributed by atoms with Crippen molar-refractivity contribution < 1.29 is 9.53 Å². The lowest BCUT2D eigenvalue weighted by molar-refractivity contribution is 0.0869. The number of carbonyl (C=O) groups excluding carboxylic acids is 1. The van der Waals surface area contributed by atoms with Gasteiger partial charge < -0.3 is 9.72 Å². The van der Waals surface area contributed by atoms with Gasteiger partial charge in [-0.05, 0) is 30.5 Å². The van der Waals surface area contributed by atoms with E-state index in [9.17, 15) is 9.59 Å². The molecule has 1 unspecified atom stereocenters. The molecule has 1 N–H and O–H groups in total. The minimum atomic E-state index is -1.15. The summed E-state index contributed by atoms with van der Waals surface area (Å²) in [5, 5.41) is 0.898. The van der Waals surface area contributed by atoms with E-state index in [2.05, 4.69) is 4.98 Å². The fraction of sp³-hybridized carbons (Fsp3) is 0.158. The topological polar surface area (TPSA) is 62.5 Å². The van der Waals surface area contributed by atoms with Crippen LogP contribution in [-0.2, 0) is 10.3 Å². The number of hydrogen-bond donors (Lipinski definition) is 1. The molecule has 0 bridgehead atoms. The van der Waals surface area contributed by atoms with Crippen molar-refractivity contribution in [1.82, 2.24) is 4.98 Å². The van der Waals surface area contributed by atoms with Gasteiger partial charge in [-0.3, -0.25) is 9.59 Å². The number of ketones is 1. The number of ether oxygens (including phenoxy) is 1. The molecule has 0 radical (unpaired) electrons. The highest BCUT2D eigenvalue weighted by atomic mass is 16.6. The highest BCUT2D eigenvalue weighted by Gasteiger charge is 2.55. The maximum Gasteiger partial charge on any atom is 0.255 e. The second-order valence-electron chi connectivity index (χ2n) is 5.91. The first-order valence-electron chi connectivity index (χ1n) is 7.48. The second-order valence-corrected chi connectivity index (χ2v) is 5.91. The maximum atomic E-state index is 12.8. The summed E-state index contributed by atoms with van der Waals surface area (Å²) < 4.78 is 5.49. The number of rotatable bonds is 3. The van der Waals surface area contributed by atoms with E-state index in [1.807, 2.05) is 31.2 Å². The number of Topliss-reactive ketones (excluding diaryl/α,β-unsaturated/α-hetero) is 1. The number of nitrogens with one attached hydrogen (secondary N) is 1. The number of epoxide rings is 1. The van der Waals surface area contributed by atoms with Crippen molar-refractivity contribution in [2.24, 2.45) is 0 Å². The fourth-order valence-electron chi connectivity index (χ4n) is 2.93. The van der Waals surface area contributed by atoms with E-state index in [1.165, 1.54) is 0 Å². The summed E-state index contributed by atoms with van der Waals surface area (Å²) in [6.45, 7) is 2.23. The molecule has 0 amide bonds. The van der Waals surface area contributed by atoms with E-state index in [0.717, 1.165) is 16.5 Å². The second kappa shape index (κ2) is 4.89. The number of pyridine rings is 1. The third-order valence-corrected chi connectivity index (χ3v) is 4.27. The number of aromatic amines is 1. The van der Waals surface area contributed by atoms with Crippen molar-refractivity contribution in [2.75, 3.05) is 6.61 Å². The number of hydrogen-bond acceptors (Lipinski definition) is 3. The minimum absolute atomic E-state index is 0.171. The van der Waals surface area contributed by atoms with Crippen molar-refractivity contribution in [2.45, 2.75) is 12.5 Å².